The van der Waals surface area contributed by atoms with Gasteiger partial charge in [-0.1, -0.05) is 6.07 Å². The zero-order valence-corrected chi connectivity index (χ0v) is 9.69. The van der Waals surface area contributed by atoms with Crippen molar-refractivity contribution in [3.05, 3.63) is 23.8 Å². The second-order valence-electron chi connectivity index (χ2n) is 4.04. The van der Waals surface area contributed by atoms with E-state index < -0.39 is 0 Å². The van der Waals surface area contributed by atoms with Gasteiger partial charge in [0, 0.05) is 15.3 Å². The van der Waals surface area contributed by atoms with Gasteiger partial charge in [-0.2, -0.15) is 0 Å². The molecule has 0 bridgehead atoms. The van der Waals surface area contributed by atoms with E-state index in [1.54, 1.807) is 11.8 Å². The van der Waals surface area contributed by atoms with Crippen molar-refractivity contribution in [3.63, 3.8) is 0 Å². The summed E-state index contributed by atoms with van der Waals surface area (Å²) in [6.45, 7) is 6.24. The summed E-state index contributed by atoms with van der Waals surface area (Å²) in [7, 11) is 0. The maximum atomic E-state index is 9.16. The molecule has 2 nitrogen and oxygen atoms in total. The van der Waals surface area contributed by atoms with Crippen LogP contribution in [0.5, 0.6) is 0 Å². The third-order valence-electron chi connectivity index (χ3n) is 1.98. The molecule has 14 heavy (non-hydrogen) atoms. The van der Waals surface area contributed by atoms with Gasteiger partial charge in [0.25, 0.3) is 0 Å². The fourth-order valence-electron chi connectivity index (χ4n) is 1.06. The number of hydrogen-bond donors (Lipinski definition) is 2. The number of nitrogens with two attached hydrogens (primary N) is 1. The van der Waals surface area contributed by atoms with Crippen molar-refractivity contribution < 1.29 is 5.11 Å². The Bertz CT molecular complexity index is 323. The molecule has 0 saturated heterocycles. The smallest absolute Gasteiger partial charge is 0.0576 e. The first-order valence-corrected chi connectivity index (χ1v) is 5.42. The molecule has 0 radical (unpaired) electrons. The number of rotatable bonds is 3. The maximum Gasteiger partial charge on any atom is 0.0576 e. The fourth-order valence-corrected chi connectivity index (χ4v) is 2.14. The number of aryl methyl sites for hydroxylation is 1. The number of aliphatic hydroxyl groups excluding tert-OH is 1. The van der Waals surface area contributed by atoms with Crippen LogP contribution in [0, 0.1) is 6.92 Å². The predicted octanol–water partition coefficient (Wildman–Crippen LogP) is 2.44. The highest BCUT2D eigenvalue weighted by Gasteiger charge is 2.18. The van der Waals surface area contributed by atoms with Gasteiger partial charge >= 0.3 is 0 Å². The number of thioether (sulfide) groups is 1. The Labute approximate surface area is 89.5 Å². The van der Waals surface area contributed by atoms with Crippen molar-refractivity contribution in [1.29, 1.82) is 0 Å². The van der Waals surface area contributed by atoms with Crippen molar-refractivity contribution >= 4 is 17.4 Å². The Kier molecular flexibility index (Phi) is 3.45. The molecular weight excluding hydrogens is 194 g/mol. The van der Waals surface area contributed by atoms with Gasteiger partial charge in [0.1, 0.15) is 0 Å². The molecule has 3 N–H and O–H groups in total. The summed E-state index contributed by atoms with van der Waals surface area (Å²) in [4.78, 5) is 1.14. The van der Waals surface area contributed by atoms with Crippen LogP contribution < -0.4 is 5.73 Å². The molecule has 1 rings (SSSR count). The molecular formula is C11H17NOS. The standard InChI is InChI=1S/C11H17NOS/c1-8-4-5-9(12)6-10(8)14-11(2,3)7-13/h4-6,13H,7,12H2,1-3H3. The zero-order chi connectivity index (χ0) is 10.8. The van der Waals surface area contributed by atoms with E-state index in [1.165, 1.54) is 5.56 Å². The number of nitrogen functional groups attached to an aromatic ring is 1. The first-order valence-electron chi connectivity index (χ1n) is 4.60. The van der Waals surface area contributed by atoms with Crippen molar-refractivity contribution in [3.8, 4) is 0 Å². The molecule has 0 aromatic heterocycles. The fraction of sp³-hybridized carbons (Fsp3) is 0.455. The molecule has 0 amide bonds. The molecule has 0 saturated carbocycles. The monoisotopic (exact) mass is 211 g/mol. The average molecular weight is 211 g/mol. The topological polar surface area (TPSA) is 46.2 Å². The molecule has 0 aliphatic carbocycles. The lowest BCUT2D eigenvalue weighted by Crippen LogP contribution is -2.19. The number of benzene rings is 1. The lowest BCUT2D eigenvalue weighted by molar-refractivity contribution is 0.265. The normalized spacial score (nSPS) is 11.7. The zero-order valence-electron chi connectivity index (χ0n) is 8.87. The summed E-state index contributed by atoms with van der Waals surface area (Å²) in [5.74, 6) is 0. The highest BCUT2D eigenvalue weighted by molar-refractivity contribution is 8.00. The van der Waals surface area contributed by atoms with E-state index >= 15 is 0 Å². The molecule has 0 aliphatic heterocycles. The summed E-state index contributed by atoms with van der Waals surface area (Å²) in [6, 6.07) is 5.86. The number of anilines is 1. The summed E-state index contributed by atoms with van der Waals surface area (Å²) in [5.41, 5.74) is 7.68. The summed E-state index contributed by atoms with van der Waals surface area (Å²) < 4.78 is -0.154. The van der Waals surface area contributed by atoms with E-state index in [0.717, 1.165) is 10.6 Å². The highest BCUT2D eigenvalue weighted by Crippen LogP contribution is 2.34. The van der Waals surface area contributed by atoms with E-state index in [1.807, 2.05) is 32.0 Å². The molecule has 0 unspecified atom stereocenters. The highest BCUT2D eigenvalue weighted by atomic mass is 32.2. The van der Waals surface area contributed by atoms with Crippen LogP contribution in [0.2, 0.25) is 0 Å². The molecule has 0 aliphatic rings. The molecule has 0 atom stereocenters. The van der Waals surface area contributed by atoms with Crippen LogP contribution in [0.15, 0.2) is 23.1 Å². The van der Waals surface area contributed by atoms with Crippen LogP contribution in [0.3, 0.4) is 0 Å². The summed E-state index contributed by atoms with van der Waals surface area (Å²) in [5, 5.41) is 9.16. The first kappa shape index (κ1) is 11.4. The molecule has 3 heteroatoms. The van der Waals surface area contributed by atoms with E-state index in [4.69, 9.17) is 10.8 Å². The molecule has 0 fully saturated rings. The Hall–Kier alpha value is -0.670. The van der Waals surface area contributed by atoms with E-state index in [9.17, 15) is 0 Å². The second kappa shape index (κ2) is 4.24. The van der Waals surface area contributed by atoms with Crippen molar-refractivity contribution in [2.75, 3.05) is 12.3 Å². The van der Waals surface area contributed by atoms with Crippen molar-refractivity contribution in [2.24, 2.45) is 0 Å². The third-order valence-corrected chi connectivity index (χ3v) is 3.32. The van der Waals surface area contributed by atoms with Gasteiger partial charge in [-0.15, -0.1) is 11.8 Å². The first-order chi connectivity index (χ1) is 6.44. The summed E-state index contributed by atoms with van der Waals surface area (Å²) in [6.07, 6.45) is 0. The molecule has 0 spiro atoms. The van der Waals surface area contributed by atoms with Crippen molar-refractivity contribution in [2.45, 2.75) is 30.4 Å². The van der Waals surface area contributed by atoms with Gasteiger partial charge in [0.15, 0.2) is 0 Å². The van der Waals surface area contributed by atoms with Gasteiger partial charge in [-0.25, -0.2) is 0 Å². The van der Waals surface area contributed by atoms with E-state index in [0.29, 0.717) is 0 Å². The van der Waals surface area contributed by atoms with Gasteiger partial charge < -0.3 is 10.8 Å². The van der Waals surface area contributed by atoms with Gasteiger partial charge in [-0.3, -0.25) is 0 Å². The molecule has 0 heterocycles. The SMILES string of the molecule is Cc1ccc(N)cc1SC(C)(C)CO. The Morgan fingerprint density at radius 3 is 2.64 bits per heavy atom. The minimum Gasteiger partial charge on any atom is -0.399 e. The van der Waals surface area contributed by atoms with Crippen LogP contribution in [0.1, 0.15) is 19.4 Å². The van der Waals surface area contributed by atoms with Crippen molar-refractivity contribution in [1.82, 2.24) is 0 Å². The van der Waals surface area contributed by atoms with Crippen LogP contribution in [0.25, 0.3) is 0 Å². The lowest BCUT2D eigenvalue weighted by Gasteiger charge is -2.22. The van der Waals surface area contributed by atoms with Crippen LogP contribution in [-0.4, -0.2) is 16.5 Å². The average Bonchev–Trinajstić information content (AvgIpc) is 2.11. The van der Waals surface area contributed by atoms with Gasteiger partial charge in [-0.05, 0) is 38.5 Å². The Morgan fingerprint density at radius 2 is 2.07 bits per heavy atom. The lowest BCUT2D eigenvalue weighted by atomic mass is 10.2. The molecule has 1 aromatic rings. The summed E-state index contributed by atoms with van der Waals surface area (Å²) >= 11 is 1.66. The number of aliphatic hydroxyl groups is 1. The Balaban J connectivity index is 2.91. The largest absolute Gasteiger partial charge is 0.399 e. The van der Waals surface area contributed by atoms with E-state index in [-0.39, 0.29) is 11.4 Å². The van der Waals surface area contributed by atoms with E-state index in [2.05, 4.69) is 6.92 Å². The van der Waals surface area contributed by atoms with Gasteiger partial charge in [0.05, 0.1) is 6.61 Å². The second-order valence-corrected chi connectivity index (χ2v) is 5.79. The third kappa shape index (κ3) is 2.93. The minimum atomic E-state index is -0.154. The molecule has 78 valence electrons. The Morgan fingerprint density at radius 1 is 1.43 bits per heavy atom. The predicted molar refractivity (Wildman–Crippen MR) is 62.6 cm³/mol. The van der Waals surface area contributed by atoms with Crippen LogP contribution in [-0.2, 0) is 0 Å². The minimum absolute atomic E-state index is 0.154. The molecule has 1 aromatic carbocycles. The quantitative estimate of drug-likeness (QED) is 0.596. The van der Waals surface area contributed by atoms with Crippen LogP contribution >= 0.6 is 11.8 Å². The van der Waals surface area contributed by atoms with Gasteiger partial charge in [0.2, 0.25) is 0 Å². The van der Waals surface area contributed by atoms with Crippen LogP contribution in [0.4, 0.5) is 5.69 Å². The number of hydrogen-bond acceptors (Lipinski definition) is 3. The maximum absolute atomic E-state index is 9.16.